The smallest absolute Gasteiger partial charge is 0.252 e. The van der Waals surface area contributed by atoms with Crippen molar-refractivity contribution in [3.8, 4) is 0 Å². The predicted molar refractivity (Wildman–Crippen MR) is 87.4 cm³/mol. The van der Waals surface area contributed by atoms with Crippen LogP contribution in [0.4, 0.5) is 0 Å². The van der Waals surface area contributed by atoms with Gasteiger partial charge in [0.05, 0.1) is 0 Å². The fraction of sp³-hybridized carbons (Fsp3) is 0.471. The first-order valence-electron chi connectivity index (χ1n) is 8.04. The van der Waals surface area contributed by atoms with Crippen LogP contribution in [-0.4, -0.2) is 16.0 Å². The van der Waals surface area contributed by atoms with Crippen molar-refractivity contribution < 1.29 is 9.32 Å². The Balaban J connectivity index is 1.88. The third kappa shape index (κ3) is 3.39. The van der Waals surface area contributed by atoms with Gasteiger partial charge in [-0.25, -0.2) is 0 Å². The van der Waals surface area contributed by atoms with Crippen molar-refractivity contribution >= 4 is 17.5 Å². The van der Waals surface area contributed by atoms with Gasteiger partial charge in [-0.1, -0.05) is 49.0 Å². The number of nitrogens with zero attached hydrogens (tertiary/aromatic N) is 2. The van der Waals surface area contributed by atoms with Crippen molar-refractivity contribution in [1.82, 2.24) is 15.5 Å². The van der Waals surface area contributed by atoms with E-state index in [1.165, 1.54) is 0 Å². The summed E-state index contributed by atoms with van der Waals surface area (Å²) in [4.78, 5) is 17.1. The lowest BCUT2D eigenvalue weighted by Gasteiger charge is -2.34. The summed E-state index contributed by atoms with van der Waals surface area (Å²) >= 11 is 5.98. The number of aromatic nitrogens is 2. The molecule has 0 bridgehead atoms. The van der Waals surface area contributed by atoms with Crippen LogP contribution in [0.1, 0.15) is 61.1 Å². The van der Waals surface area contributed by atoms with Gasteiger partial charge in [0.15, 0.2) is 5.82 Å². The number of carbonyl (C=O) groups is 1. The molecule has 1 aromatic carbocycles. The van der Waals surface area contributed by atoms with E-state index in [1.807, 2.05) is 6.92 Å². The topological polar surface area (TPSA) is 68.0 Å². The van der Waals surface area contributed by atoms with Gasteiger partial charge in [-0.3, -0.25) is 4.79 Å². The van der Waals surface area contributed by atoms with Crippen LogP contribution in [0.5, 0.6) is 0 Å². The molecule has 2 aromatic rings. The molecule has 122 valence electrons. The number of hydrogen-bond acceptors (Lipinski definition) is 4. The number of rotatable bonds is 4. The van der Waals surface area contributed by atoms with E-state index in [-0.39, 0.29) is 5.91 Å². The summed E-state index contributed by atoms with van der Waals surface area (Å²) in [5, 5.41) is 7.67. The number of nitrogens with one attached hydrogen (secondary N) is 1. The van der Waals surface area contributed by atoms with Crippen molar-refractivity contribution in [1.29, 1.82) is 0 Å². The Morgan fingerprint density at radius 3 is 2.78 bits per heavy atom. The Labute approximate surface area is 140 Å². The quantitative estimate of drug-likeness (QED) is 0.922. The van der Waals surface area contributed by atoms with E-state index < -0.39 is 5.54 Å². The molecule has 1 aromatic heterocycles. The van der Waals surface area contributed by atoms with E-state index >= 15 is 0 Å². The van der Waals surface area contributed by atoms with Gasteiger partial charge in [0, 0.05) is 17.0 Å². The lowest BCUT2D eigenvalue weighted by Crippen LogP contribution is -2.47. The normalized spacial score (nSPS) is 17.0. The fourth-order valence-electron chi connectivity index (χ4n) is 3.06. The lowest BCUT2D eigenvalue weighted by molar-refractivity contribution is 0.0824. The standard InChI is InChI=1S/C17H20ClN3O2/c1-2-14-19-16(23-21-14)17(9-4-3-5-10-17)20-15(22)12-7-6-8-13(18)11-12/h6-8,11H,2-5,9-10H2,1H3,(H,20,22). The van der Waals surface area contributed by atoms with Crippen LogP contribution in [0.2, 0.25) is 5.02 Å². The summed E-state index contributed by atoms with van der Waals surface area (Å²) in [6.45, 7) is 1.98. The summed E-state index contributed by atoms with van der Waals surface area (Å²) in [7, 11) is 0. The molecule has 1 heterocycles. The van der Waals surface area contributed by atoms with Crippen molar-refractivity contribution in [2.24, 2.45) is 0 Å². The Morgan fingerprint density at radius 1 is 1.35 bits per heavy atom. The number of aryl methyl sites for hydroxylation is 1. The fourth-order valence-corrected chi connectivity index (χ4v) is 3.25. The maximum Gasteiger partial charge on any atom is 0.252 e. The minimum atomic E-state index is -0.571. The van der Waals surface area contributed by atoms with Crippen LogP contribution in [0, 0.1) is 0 Å². The zero-order chi connectivity index (χ0) is 16.3. The Hall–Kier alpha value is -1.88. The number of carbonyl (C=O) groups excluding carboxylic acids is 1. The van der Waals surface area contributed by atoms with E-state index in [0.29, 0.717) is 28.7 Å². The second kappa shape index (κ2) is 6.71. The van der Waals surface area contributed by atoms with E-state index in [1.54, 1.807) is 24.3 Å². The highest BCUT2D eigenvalue weighted by atomic mass is 35.5. The number of amides is 1. The molecule has 6 heteroatoms. The van der Waals surface area contributed by atoms with Gasteiger partial charge in [-0.2, -0.15) is 4.98 Å². The first-order valence-corrected chi connectivity index (χ1v) is 8.42. The lowest BCUT2D eigenvalue weighted by atomic mass is 9.81. The summed E-state index contributed by atoms with van der Waals surface area (Å²) in [6.07, 6.45) is 5.54. The molecule has 0 saturated heterocycles. The second-order valence-electron chi connectivity index (χ2n) is 5.98. The molecule has 1 fully saturated rings. The van der Waals surface area contributed by atoms with Gasteiger partial charge in [-0.05, 0) is 31.0 Å². The van der Waals surface area contributed by atoms with Gasteiger partial charge >= 0.3 is 0 Å². The van der Waals surface area contributed by atoms with Crippen molar-refractivity contribution in [3.63, 3.8) is 0 Å². The van der Waals surface area contributed by atoms with Crippen LogP contribution >= 0.6 is 11.6 Å². The van der Waals surface area contributed by atoms with Gasteiger partial charge in [-0.15, -0.1) is 0 Å². The molecule has 1 saturated carbocycles. The molecule has 0 aliphatic heterocycles. The summed E-state index contributed by atoms with van der Waals surface area (Å²) < 4.78 is 5.46. The first-order chi connectivity index (χ1) is 11.1. The van der Waals surface area contributed by atoms with Crippen molar-refractivity contribution in [3.05, 3.63) is 46.6 Å². The molecule has 1 N–H and O–H groups in total. The average molecular weight is 334 g/mol. The van der Waals surface area contributed by atoms with Crippen LogP contribution < -0.4 is 5.32 Å². The van der Waals surface area contributed by atoms with Gasteiger partial charge in [0.25, 0.3) is 11.8 Å². The summed E-state index contributed by atoms with van der Waals surface area (Å²) in [6, 6.07) is 6.94. The number of benzene rings is 1. The SMILES string of the molecule is CCc1noc(C2(NC(=O)c3cccc(Cl)c3)CCCCC2)n1. The molecular weight excluding hydrogens is 314 g/mol. The van der Waals surface area contributed by atoms with Crippen LogP contribution in [0.25, 0.3) is 0 Å². The highest BCUT2D eigenvalue weighted by Gasteiger charge is 2.40. The summed E-state index contributed by atoms with van der Waals surface area (Å²) in [5.41, 5.74) is -0.0318. The third-order valence-corrected chi connectivity index (χ3v) is 4.58. The molecule has 1 amide bonds. The molecule has 5 nitrogen and oxygen atoms in total. The zero-order valence-corrected chi connectivity index (χ0v) is 13.9. The minimum absolute atomic E-state index is 0.161. The van der Waals surface area contributed by atoms with E-state index in [2.05, 4.69) is 15.5 Å². The van der Waals surface area contributed by atoms with Crippen molar-refractivity contribution in [2.45, 2.75) is 51.0 Å². The highest BCUT2D eigenvalue weighted by molar-refractivity contribution is 6.30. The predicted octanol–water partition coefficient (Wildman–Crippen LogP) is 3.87. The number of halogens is 1. The minimum Gasteiger partial charge on any atom is -0.338 e. The van der Waals surface area contributed by atoms with Crippen LogP contribution in [-0.2, 0) is 12.0 Å². The summed E-state index contributed by atoms with van der Waals surface area (Å²) in [5.74, 6) is 1.03. The Bertz CT molecular complexity index is 693. The van der Waals surface area contributed by atoms with E-state index in [0.717, 1.165) is 32.1 Å². The van der Waals surface area contributed by atoms with Gasteiger partial charge in [0.1, 0.15) is 5.54 Å². The maximum atomic E-state index is 12.7. The van der Waals surface area contributed by atoms with Crippen LogP contribution in [0.15, 0.2) is 28.8 Å². The average Bonchev–Trinajstić information content (AvgIpc) is 3.05. The van der Waals surface area contributed by atoms with Crippen molar-refractivity contribution in [2.75, 3.05) is 0 Å². The molecular formula is C17H20ClN3O2. The van der Waals surface area contributed by atoms with Gasteiger partial charge in [0.2, 0.25) is 0 Å². The Kier molecular flexibility index (Phi) is 4.66. The Morgan fingerprint density at radius 2 is 2.13 bits per heavy atom. The van der Waals surface area contributed by atoms with Crippen LogP contribution in [0.3, 0.4) is 0 Å². The first kappa shape index (κ1) is 16.0. The molecule has 1 aliphatic rings. The third-order valence-electron chi connectivity index (χ3n) is 4.34. The van der Waals surface area contributed by atoms with E-state index in [4.69, 9.17) is 16.1 Å². The second-order valence-corrected chi connectivity index (χ2v) is 6.41. The molecule has 23 heavy (non-hydrogen) atoms. The largest absolute Gasteiger partial charge is 0.338 e. The number of hydrogen-bond donors (Lipinski definition) is 1. The molecule has 3 rings (SSSR count). The molecule has 1 aliphatic carbocycles. The molecule has 0 atom stereocenters. The molecule has 0 unspecified atom stereocenters. The molecule has 0 spiro atoms. The maximum absolute atomic E-state index is 12.7. The van der Waals surface area contributed by atoms with Gasteiger partial charge < -0.3 is 9.84 Å². The van der Waals surface area contributed by atoms with E-state index in [9.17, 15) is 4.79 Å². The molecule has 0 radical (unpaired) electrons. The highest BCUT2D eigenvalue weighted by Crippen LogP contribution is 2.36. The zero-order valence-electron chi connectivity index (χ0n) is 13.1. The monoisotopic (exact) mass is 333 g/mol.